The van der Waals surface area contributed by atoms with Crippen LogP contribution in [0, 0.1) is 0 Å². The number of unbranched alkanes of at least 4 members (excludes halogenated alkanes) is 1. The lowest BCUT2D eigenvalue weighted by Gasteiger charge is -2.32. The lowest BCUT2D eigenvalue weighted by Crippen LogP contribution is -2.47. The molecule has 1 aromatic carbocycles. The predicted octanol–water partition coefficient (Wildman–Crippen LogP) is 2.01. The minimum Gasteiger partial charge on any atom is -0.497 e. The van der Waals surface area contributed by atoms with Crippen molar-refractivity contribution < 1.29 is 14.3 Å². The molecular formula is C18H27N3O3. The van der Waals surface area contributed by atoms with Crippen molar-refractivity contribution >= 4 is 17.5 Å². The van der Waals surface area contributed by atoms with Crippen molar-refractivity contribution in [3.63, 3.8) is 0 Å². The minimum absolute atomic E-state index is 0.0805. The third-order valence-corrected chi connectivity index (χ3v) is 4.30. The summed E-state index contributed by atoms with van der Waals surface area (Å²) in [5.41, 5.74) is 0.574. The molecule has 2 N–H and O–H groups in total. The van der Waals surface area contributed by atoms with Gasteiger partial charge >= 0.3 is 11.8 Å². The Morgan fingerprint density at radius 1 is 1.17 bits per heavy atom. The molecule has 0 saturated carbocycles. The molecule has 1 aliphatic heterocycles. The van der Waals surface area contributed by atoms with Crippen LogP contribution >= 0.6 is 0 Å². The Bertz CT molecular complexity index is 537. The minimum atomic E-state index is -0.631. The number of carbonyl (C=O) groups excluding carboxylic acids is 2. The van der Waals surface area contributed by atoms with E-state index in [1.165, 1.54) is 12.8 Å². The first-order valence-electron chi connectivity index (χ1n) is 8.60. The van der Waals surface area contributed by atoms with Crippen LogP contribution in [0.1, 0.15) is 32.6 Å². The Labute approximate surface area is 143 Å². The van der Waals surface area contributed by atoms with E-state index in [9.17, 15) is 9.59 Å². The van der Waals surface area contributed by atoms with Crippen LogP contribution in [0.4, 0.5) is 5.69 Å². The number of nitrogens with one attached hydrogen (secondary N) is 2. The first-order valence-corrected chi connectivity index (χ1v) is 8.60. The molecule has 2 rings (SSSR count). The van der Waals surface area contributed by atoms with Crippen molar-refractivity contribution in [1.29, 1.82) is 0 Å². The maximum Gasteiger partial charge on any atom is 0.313 e. The average Bonchev–Trinajstić information content (AvgIpc) is 2.61. The predicted molar refractivity (Wildman–Crippen MR) is 94.1 cm³/mol. The fourth-order valence-corrected chi connectivity index (χ4v) is 2.80. The Morgan fingerprint density at radius 2 is 1.83 bits per heavy atom. The largest absolute Gasteiger partial charge is 0.497 e. The van der Waals surface area contributed by atoms with Crippen molar-refractivity contribution in [3.8, 4) is 5.75 Å². The van der Waals surface area contributed by atoms with E-state index in [-0.39, 0.29) is 6.04 Å². The third-order valence-electron chi connectivity index (χ3n) is 4.30. The highest BCUT2D eigenvalue weighted by Gasteiger charge is 2.23. The molecule has 24 heavy (non-hydrogen) atoms. The van der Waals surface area contributed by atoms with E-state index < -0.39 is 11.8 Å². The number of anilines is 1. The first kappa shape index (κ1) is 18.3. The van der Waals surface area contributed by atoms with Gasteiger partial charge in [0, 0.05) is 24.8 Å². The number of likely N-dealkylation sites (tertiary alicyclic amines) is 1. The highest BCUT2D eigenvalue weighted by atomic mass is 16.5. The normalized spacial score (nSPS) is 15.8. The topological polar surface area (TPSA) is 70.7 Å². The number of rotatable bonds is 6. The average molecular weight is 333 g/mol. The van der Waals surface area contributed by atoms with Gasteiger partial charge in [-0.05, 0) is 50.1 Å². The van der Waals surface area contributed by atoms with Crippen LogP contribution in [-0.2, 0) is 9.59 Å². The van der Waals surface area contributed by atoms with Crippen molar-refractivity contribution in [3.05, 3.63) is 24.3 Å². The Kier molecular flexibility index (Phi) is 7.06. The summed E-state index contributed by atoms with van der Waals surface area (Å²) in [6.45, 7) is 5.26. The Balaban J connectivity index is 1.74. The molecule has 0 bridgehead atoms. The van der Waals surface area contributed by atoms with Crippen molar-refractivity contribution in [2.75, 3.05) is 32.1 Å². The summed E-state index contributed by atoms with van der Waals surface area (Å²) < 4.78 is 5.06. The van der Waals surface area contributed by atoms with Gasteiger partial charge in [-0.2, -0.15) is 0 Å². The van der Waals surface area contributed by atoms with E-state index in [0.717, 1.165) is 32.5 Å². The summed E-state index contributed by atoms with van der Waals surface area (Å²) >= 11 is 0. The lowest BCUT2D eigenvalue weighted by molar-refractivity contribution is -0.136. The molecule has 6 nitrogen and oxygen atoms in total. The fraction of sp³-hybridized carbons (Fsp3) is 0.556. The summed E-state index contributed by atoms with van der Waals surface area (Å²) in [5, 5.41) is 5.44. The quantitative estimate of drug-likeness (QED) is 0.781. The number of piperidine rings is 1. The van der Waals surface area contributed by atoms with Crippen LogP contribution in [-0.4, -0.2) is 49.5 Å². The van der Waals surface area contributed by atoms with Crippen LogP contribution in [0.15, 0.2) is 24.3 Å². The number of nitrogens with zero attached hydrogens (tertiary/aromatic N) is 1. The summed E-state index contributed by atoms with van der Waals surface area (Å²) in [5.74, 6) is -0.501. The van der Waals surface area contributed by atoms with Gasteiger partial charge in [0.2, 0.25) is 0 Å². The van der Waals surface area contributed by atoms with Crippen LogP contribution in [0.2, 0.25) is 0 Å². The van der Waals surface area contributed by atoms with Crippen LogP contribution < -0.4 is 15.4 Å². The van der Waals surface area contributed by atoms with Gasteiger partial charge in [-0.1, -0.05) is 13.3 Å². The zero-order valence-electron chi connectivity index (χ0n) is 14.5. The third kappa shape index (κ3) is 5.53. The summed E-state index contributed by atoms with van der Waals surface area (Å²) in [6.07, 6.45) is 4.19. The molecule has 2 amide bonds. The molecule has 1 fully saturated rings. The monoisotopic (exact) mass is 333 g/mol. The first-order chi connectivity index (χ1) is 11.6. The van der Waals surface area contributed by atoms with Gasteiger partial charge in [-0.15, -0.1) is 0 Å². The molecule has 1 saturated heterocycles. The smallest absolute Gasteiger partial charge is 0.313 e. The summed E-state index contributed by atoms with van der Waals surface area (Å²) in [6, 6.07) is 6.96. The van der Waals surface area contributed by atoms with Gasteiger partial charge in [-0.25, -0.2) is 0 Å². The number of hydrogen-bond acceptors (Lipinski definition) is 4. The standard InChI is InChI=1S/C18H27N3O3/c1-3-4-11-21-12-9-15(10-13-21)20-18(23)17(22)19-14-5-7-16(24-2)8-6-14/h5-8,15H,3-4,9-13H2,1-2H3,(H,19,22)(H,20,23). The van der Waals surface area contributed by atoms with Crippen molar-refractivity contribution in [1.82, 2.24) is 10.2 Å². The Morgan fingerprint density at radius 3 is 2.42 bits per heavy atom. The molecule has 0 spiro atoms. The molecule has 1 heterocycles. The van der Waals surface area contributed by atoms with Gasteiger partial charge in [0.15, 0.2) is 0 Å². The van der Waals surface area contributed by atoms with Gasteiger partial charge in [0.05, 0.1) is 7.11 Å². The zero-order chi connectivity index (χ0) is 17.4. The number of ether oxygens (including phenoxy) is 1. The highest BCUT2D eigenvalue weighted by molar-refractivity contribution is 6.39. The molecule has 0 aromatic heterocycles. The number of methoxy groups -OCH3 is 1. The second kappa shape index (κ2) is 9.27. The van der Waals surface area contributed by atoms with E-state index in [2.05, 4.69) is 22.5 Å². The fourth-order valence-electron chi connectivity index (χ4n) is 2.80. The SMILES string of the molecule is CCCCN1CCC(NC(=O)C(=O)Nc2ccc(OC)cc2)CC1. The van der Waals surface area contributed by atoms with E-state index in [0.29, 0.717) is 11.4 Å². The number of amides is 2. The second-order valence-electron chi connectivity index (χ2n) is 6.13. The lowest BCUT2D eigenvalue weighted by atomic mass is 10.0. The molecule has 1 aliphatic rings. The molecule has 0 unspecified atom stereocenters. The van der Waals surface area contributed by atoms with E-state index in [1.807, 2.05) is 0 Å². The van der Waals surface area contributed by atoms with Crippen LogP contribution in [0.25, 0.3) is 0 Å². The van der Waals surface area contributed by atoms with Crippen molar-refractivity contribution in [2.45, 2.75) is 38.6 Å². The van der Waals surface area contributed by atoms with Gasteiger partial charge in [0.25, 0.3) is 0 Å². The molecular weight excluding hydrogens is 306 g/mol. The van der Waals surface area contributed by atoms with Crippen LogP contribution in [0.5, 0.6) is 5.75 Å². The van der Waals surface area contributed by atoms with Crippen molar-refractivity contribution in [2.24, 2.45) is 0 Å². The molecule has 0 atom stereocenters. The molecule has 0 aliphatic carbocycles. The molecule has 0 radical (unpaired) electrons. The van der Waals surface area contributed by atoms with E-state index in [1.54, 1.807) is 31.4 Å². The maximum absolute atomic E-state index is 12.0. The van der Waals surface area contributed by atoms with E-state index in [4.69, 9.17) is 4.74 Å². The highest BCUT2D eigenvalue weighted by Crippen LogP contribution is 2.15. The molecule has 6 heteroatoms. The molecule has 1 aromatic rings. The van der Waals surface area contributed by atoms with Gasteiger partial charge in [0.1, 0.15) is 5.75 Å². The second-order valence-corrected chi connectivity index (χ2v) is 6.13. The Hall–Kier alpha value is -2.08. The molecule has 132 valence electrons. The van der Waals surface area contributed by atoms with Gasteiger partial charge in [-0.3, -0.25) is 9.59 Å². The number of benzene rings is 1. The summed E-state index contributed by atoms with van der Waals surface area (Å²) in [4.78, 5) is 26.4. The van der Waals surface area contributed by atoms with Gasteiger partial charge < -0.3 is 20.3 Å². The van der Waals surface area contributed by atoms with Crippen LogP contribution in [0.3, 0.4) is 0 Å². The number of carbonyl (C=O) groups is 2. The van der Waals surface area contributed by atoms with E-state index >= 15 is 0 Å². The zero-order valence-corrected chi connectivity index (χ0v) is 14.5. The summed E-state index contributed by atoms with van der Waals surface area (Å²) in [7, 11) is 1.58. The maximum atomic E-state index is 12.0. The number of hydrogen-bond donors (Lipinski definition) is 2.